The second-order valence-electron chi connectivity index (χ2n) is 3.63. The standard InChI is InChI=1S/C12H10ClNO3/c1-6(15)9-5-14-11-4-10(13)8(3-7(9)11)12(16)17-2/h3-5,14H,1-2H3. The molecule has 0 fully saturated rings. The molecular formula is C12H10ClNO3. The molecule has 2 rings (SSSR count). The molecule has 5 heteroatoms. The molecule has 2 aromatic rings. The van der Waals surface area contributed by atoms with E-state index in [2.05, 4.69) is 9.72 Å². The summed E-state index contributed by atoms with van der Waals surface area (Å²) in [4.78, 5) is 25.8. The number of ketones is 1. The van der Waals surface area contributed by atoms with Gasteiger partial charge in [-0.25, -0.2) is 4.79 Å². The van der Waals surface area contributed by atoms with Gasteiger partial charge < -0.3 is 9.72 Å². The van der Waals surface area contributed by atoms with E-state index in [1.807, 2.05) is 0 Å². The molecule has 0 spiro atoms. The Labute approximate surface area is 103 Å². The number of nitrogens with one attached hydrogen (secondary N) is 1. The lowest BCUT2D eigenvalue weighted by atomic mass is 10.1. The van der Waals surface area contributed by atoms with Crippen LogP contribution in [0.2, 0.25) is 5.02 Å². The predicted molar refractivity (Wildman–Crippen MR) is 64.7 cm³/mol. The highest BCUT2D eigenvalue weighted by Crippen LogP contribution is 2.26. The molecule has 0 atom stereocenters. The van der Waals surface area contributed by atoms with E-state index in [9.17, 15) is 9.59 Å². The average Bonchev–Trinajstić information content (AvgIpc) is 2.69. The number of fused-ring (bicyclic) bond motifs is 1. The summed E-state index contributed by atoms with van der Waals surface area (Å²) >= 11 is 5.96. The highest BCUT2D eigenvalue weighted by Gasteiger charge is 2.15. The topological polar surface area (TPSA) is 59.2 Å². The molecule has 1 N–H and O–H groups in total. The minimum absolute atomic E-state index is 0.0746. The van der Waals surface area contributed by atoms with Gasteiger partial charge in [0, 0.05) is 22.7 Å². The Morgan fingerprint density at radius 2 is 2.00 bits per heavy atom. The van der Waals surface area contributed by atoms with E-state index < -0.39 is 5.97 Å². The van der Waals surface area contributed by atoms with Gasteiger partial charge in [0.15, 0.2) is 5.78 Å². The fraction of sp³-hybridized carbons (Fsp3) is 0.167. The van der Waals surface area contributed by atoms with Gasteiger partial charge >= 0.3 is 5.97 Å². The fourth-order valence-corrected chi connectivity index (χ4v) is 1.94. The van der Waals surface area contributed by atoms with Crippen molar-refractivity contribution >= 4 is 34.3 Å². The summed E-state index contributed by atoms with van der Waals surface area (Å²) in [5, 5.41) is 0.962. The highest BCUT2D eigenvalue weighted by molar-refractivity contribution is 6.34. The van der Waals surface area contributed by atoms with Gasteiger partial charge in [-0.1, -0.05) is 11.6 Å². The first-order valence-electron chi connectivity index (χ1n) is 4.94. The molecule has 0 amide bonds. The van der Waals surface area contributed by atoms with E-state index in [4.69, 9.17) is 11.6 Å². The summed E-state index contributed by atoms with van der Waals surface area (Å²) in [6.45, 7) is 1.47. The van der Waals surface area contributed by atoms with Crippen molar-refractivity contribution in [2.45, 2.75) is 6.92 Å². The zero-order valence-corrected chi connectivity index (χ0v) is 10.1. The average molecular weight is 252 g/mol. The van der Waals surface area contributed by atoms with Gasteiger partial charge in [0.1, 0.15) is 0 Å². The van der Waals surface area contributed by atoms with Crippen molar-refractivity contribution < 1.29 is 14.3 Å². The van der Waals surface area contributed by atoms with Crippen LogP contribution in [-0.2, 0) is 4.74 Å². The molecule has 0 aliphatic rings. The molecule has 17 heavy (non-hydrogen) atoms. The number of rotatable bonds is 2. The Balaban J connectivity index is 2.71. The van der Waals surface area contributed by atoms with Crippen molar-refractivity contribution in [2.75, 3.05) is 7.11 Å². The first-order chi connectivity index (χ1) is 8.04. The number of aromatic nitrogens is 1. The molecule has 1 aromatic heterocycles. The number of benzene rings is 1. The van der Waals surface area contributed by atoms with Crippen molar-refractivity contribution in [3.05, 3.63) is 34.5 Å². The Morgan fingerprint density at radius 1 is 1.29 bits per heavy atom. The SMILES string of the molecule is COC(=O)c1cc2c(C(C)=O)c[nH]c2cc1Cl. The first kappa shape index (κ1) is 11.7. The Morgan fingerprint density at radius 3 is 2.59 bits per heavy atom. The number of halogens is 1. The summed E-state index contributed by atoms with van der Waals surface area (Å²) < 4.78 is 4.62. The van der Waals surface area contributed by atoms with Gasteiger partial charge in [0.05, 0.1) is 17.7 Å². The van der Waals surface area contributed by atoms with Gasteiger partial charge in [-0.05, 0) is 19.1 Å². The molecule has 0 unspecified atom stereocenters. The third-order valence-corrected chi connectivity index (χ3v) is 2.87. The molecular weight excluding hydrogens is 242 g/mol. The molecule has 0 saturated carbocycles. The minimum atomic E-state index is -0.521. The lowest BCUT2D eigenvalue weighted by Gasteiger charge is -2.03. The maximum absolute atomic E-state index is 11.5. The van der Waals surface area contributed by atoms with Crippen LogP contribution in [0, 0.1) is 0 Å². The highest BCUT2D eigenvalue weighted by atomic mass is 35.5. The summed E-state index contributed by atoms with van der Waals surface area (Å²) in [5.41, 5.74) is 1.50. The summed E-state index contributed by atoms with van der Waals surface area (Å²) in [7, 11) is 1.28. The largest absolute Gasteiger partial charge is 0.465 e. The van der Waals surface area contributed by atoms with E-state index in [1.54, 1.807) is 18.3 Å². The van der Waals surface area contributed by atoms with Crippen LogP contribution >= 0.6 is 11.6 Å². The van der Waals surface area contributed by atoms with Crippen LogP contribution in [0.3, 0.4) is 0 Å². The Kier molecular flexibility index (Phi) is 2.90. The molecule has 0 aliphatic carbocycles. The quantitative estimate of drug-likeness (QED) is 0.660. The summed E-state index contributed by atoms with van der Waals surface area (Å²) in [6.07, 6.45) is 1.60. The van der Waals surface area contributed by atoms with Crippen molar-refractivity contribution in [1.29, 1.82) is 0 Å². The number of esters is 1. The lowest BCUT2D eigenvalue weighted by molar-refractivity contribution is 0.0601. The van der Waals surface area contributed by atoms with Crippen molar-refractivity contribution in [3.8, 4) is 0 Å². The van der Waals surface area contributed by atoms with Crippen LogP contribution in [0.4, 0.5) is 0 Å². The van der Waals surface area contributed by atoms with Crippen LogP contribution in [-0.4, -0.2) is 23.8 Å². The van der Waals surface area contributed by atoms with E-state index in [0.717, 1.165) is 0 Å². The fourth-order valence-electron chi connectivity index (χ4n) is 1.70. The maximum atomic E-state index is 11.5. The number of hydrogen-bond acceptors (Lipinski definition) is 3. The number of Topliss-reactive ketones (excluding diaryl/α,β-unsaturated/α-hetero) is 1. The lowest BCUT2D eigenvalue weighted by Crippen LogP contribution is -2.02. The van der Waals surface area contributed by atoms with E-state index in [0.29, 0.717) is 21.5 Å². The monoisotopic (exact) mass is 251 g/mol. The molecule has 1 aromatic carbocycles. The molecule has 1 heterocycles. The van der Waals surface area contributed by atoms with Crippen LogP contribution in [0.15, 0.2) is 18.3 Å². The summed E-state index contributed by atoms with van der Waals surface area (Å²) in [5.74, 6) is -0.595. The normalized spacial score (nSPS) is 10.5. The molecule has 4 nitrogen and oxygen atoms in total. The number of H-pyrrole nitrogens is 1. The van der Waals surface area contributed by atoms with E-state index in [1.165, 1.54) is 14.0 Å². The summed E-state index contributed by atoms with van der Waals surface area (Å²) in [6, 6.07) is 3.17. The van der Waals surface area contributed by atoms with Crippen molar-refractivity contribution in [3.63, 3.8) is 0 Å². The number of hydrogen-bond donors (Lipinski definition) is 1. The number of aromatic amines is 1. The third kappa shape index (κ3) is 1.91. The number of ether oxygens (including phenoxy) is 1. The van der Waals surface area contributed by atoms with Crippen LogP contribution < -0.4 is 0 Å². The molecule has 88 valence electrons. The van der Waals surface area contributed by atoms with Gasteiger partial charge in [-0.15, -0.1) is 0 Å². The van der Waals surface area contributed by atoms with Crippen LogP contribution in [0.5, 0.6) is 0 Å². The zero-order valence-electron chi connectivity index (χ0n) is 9.33. The second kappa shape index (κ2) is 4.22. The minimum Gasteiger partial charge on any atom is -0.465 e. The molecule has 0 radical (unpaired) electrons. The molecule has 0 saturated heterocycles. The van der Waals surface area contributed by atoms with Gasteiger partial charge in [-0.2, -0.15) is 0 Å². The number of carbonyl (C=O) groups excluding carboxylic acids is 2. The Hall–Kier alpha value is -1.81. The van der Waals surface area contributed by atoms with Gasteiger partial charge in [0.2, 0.25) is 0 Å². The first-order valence-corrected chi connectivity index (χ1v) is 5.32. The van der Waals surface area contributed by atoms with Crippen molar-refractivity contribution in [2.24, 2.45) is 0 Å². The third-order valence-electron chi connectivity index (χ3n) is 2.55. The van der Waals surface area contributed by atoms with E-state index >= 15 is 0 Å². The Bertz CT molecular complexity index is 615. The number of methoxy groups -OCH3 is 1. The second-order valence-corrected chi connectivity index (χ2v) is 4.03. The smallest absolute Gasteiger partial charge is 0.339 e. The van der Waals surface area contributed by atoms with E-state index in [-0.39, 0.29) is 11.3 Å². The van der Waals surface area contributed by atoms with Gasteiger partial charge in [0.25, 0.3) is 0 Å². The van der Waals surface area contributed by atoms with Crippen molar-refractivity contribution in [1.82, 2.24) is 4.98 Å². The molecule has 0 aliphatic heterocycles. The van der Waals surface area contributed by atoms with Crippen LogP contribution in [0.25, 0.3) is 10.9 Å². The zero-order chi connectivity index (χ0) is 12.6. The number of carbonyl (C=O) groups is 2. The predicted octanol–water partition coefficient (Wildman–Crippen LogP) is 2.81. The molecule has 0 bridgehead atoms. The maximum Gasteiger partial charge on any atom is 0.339 e. The van der Waals surface area contributed by atoms with Crippen LogP contribution in [0.1, 0.15) is 27.6 Å². The van der Waals surface area contributed by atoms with Gasteiger partial charge in [-0.3, -0.25) is 4.79 Å².